The van der Waals surface area contributed by atoms with Crippen molar-refractivity contribution in [2.45, 2.75) is 45.4 Å². The fraction of sp³-hybridized carbons (Fsp3) is 0.389. The number of carbonyl (C=O) groups is 1. The number of hydrogen-bond donors (Lipinski definition) is 0. The average molecular weight is 258 g/mol. The molecule has 0 bridgehead atoms. The van der Waals surface area contributed by atoms with Crippen molar-refractivity contribution in [2.75, 3.05) is 0 Å². The van der Waals surface area contributed by atoms with Crippen LogP contribution in [0.15, 0.2) is 60.8 Å². The van der Waals surface area contributed by atoms with Gasteiger partial charge in [0.05, 0.1) is 0 Å². The molecule has 19 heavy (non-hydrogen) atoms. The number of hydrogen-bond acceptors (Lipinski definition) is 1. The van der Waals surface area contributed by atoms with Crippen LogP contribution >= 0.6 is 0 Å². The normalized spacial score (nSPS) is 12.9. The second-order valence-corrected chi connectivity index (χ2v) is 4.11. The number of carbonyl (C=O) groups excluding carboxylic acids is 1. The van der Waals surface area contributed by atoms with Crippen LogP contribution in [0.4, 0.5) is 0 Å². The third kappa shape index (κ3) is 16.4. The molecular formula is C18H26O. The first-order valence-corrected chi connectivity index (χ1v) is 7.10. The number of rotatable bonds is 11. The van der Waals surface area contributed by atoms with Crippen LogP contribution in [0.3, 0.4) is 0 Å². The predicted octanol–water partition coefficient (Wildman–Crippen LogP) is 5.33. The molecule has 0 aromatic heterocycles. The summed E-state index contributed by atoms with van der Waals surface area (Å²) in [7, 11) is 0. The minimum absolute atomic E-state index is 0.521. The van der Waals surface area contributed by atoms with Crippen molar-refractivity contribution < 1.29 is 4.79 Å². The van der Waals surface area contributed by atoms with Gasteiger partial charge in [0.25, 0.3) is 0 Å². The van der Waals surface area contributed by atoms with Crippen LogP contribution in [0.2, 0.25) is 0 Å². The molecule has 0 rings (SSSR count). The van der Waals surface area contributed by atoms with Crippen LogP contribution in [0, 0.1) is 0 Å². The molecule has 0 aliphatic carbocycles. The lowest BCUT2D eigenvalue weighted by molar-refractivity contribution is -0.107. The standard InChI is InChI=1S/C18H26O/c1-2-3-4-5-6-7-8-9-10-11-12-13-14-15-16-17-18-19/h3-4,6-7,9-10,12-13,15-16,18H,2,5,8,11,14,17H2,1H3. The molecule has 0 aliphatic heterocycles. The summed E-state index contributed by atoms with van der Waals surface area (Å²) in [4.78, 5) is 10.1. The van der Waals surface area contributed by atoms with E-state index in [0.29, 0.717) is 6.42 Å². The maximum Gasteiger partial charge on any atom is 0.123 e. The molecular weight excluding hydrogens is 232 g/mol. The first kappa shape index (κ1) is 17.4. The molecule has 0 heterocycles. The maximum atomic E-state index is 10.1. The Bertz CT molecular complexity index is 330. The summed E-state index contributed by atoms with van der Waals surface area (Å²) >= 11 is 0. The summed E-state index contributed by atoms with van der Waals surface area (Å²) in [5, 5.41) is 0. The van der Waals surface area contributed by atoms with Crippen molar-refractivity contribution >= 4 is 6.29 Å². The van der Waals surface area contributed by atoms with Gasteiger partial charge in [0.15, 0.2) is 0 Å². The summed E-state index contributed by atoms with van der Waals surface area (Å²) in [6, 6.07) is 0. The Labute approximate surface area is 118 Å². The molecule has 0 saturated carbocycles. The van der Waals surface area contributed by atoms with E-state index in [2.05, 4.69) is 55.5 Å². The predicted molar refractivity (Wildman–Crippen MR) is 85.1 cm³/mol. The van der Waals surface area contributed by atoms with E-state index in [1.807, 2.05) is 12.2 Å². The van der Waals surface area contributed by atoms with Gasteiger partial charge in [0.1, 0.15) is 6.29 Å². The molecule has 0 fully saturated rings. The summed E-state index contributed by atoms with van der Waals surface area (Å²) in [6.45, 7) is 2.15. The van der Waals surface area contributed by atoms with E-state index in [4.69, 9.17) is 0 Å². The van der Waals surface area contributed by atoms with Gasteiger partial charge in [-0.15, -0.1) is 0 Å². The average Bonchev–Trinajstić information content (AvgIpc) is 2.43. The highest BCUT2D eigenvalue weighted by atomic mass is 16.1. The van der Waals surface area contributed by atoms with E-state index in [1.54, 1.807) is 0 Å². The van der Waals surface area contributed by atoms with Crippen LogP contribution < -0.4 is 0 Å². The summed E-state index contributed by atoms with van der Waals surface area (Å²) < 4.78 is 0. The van der Waals surface area contributed by atoms with Gasteiger partial charge in [-0.05, 0) is 32.1 Å². The zero-order chi connectivity index (χ0) is 14.0. The van der Waals surface area contributed by atoms with E-state index in [1.165, 1.54) is 0 Å². The smallest absolute Gasteiger partial charge is 0.123 e. The van der Waals surface area contributed by atoms with E-state index in [0.717, 1.165) is 38.4 Å². The van der Waals surface area contributed by atoms with E-state index >= 15 is 0 Å². The van der Waals surface area contributed by atoms with Crippen LogP contribution in [-0.4, -0.2) is 6.29 Å². The molecule has 0 N–H and O–H groups in total. The Kier molecular flexibility index (Phi) is 15.0. The van der Waals surface area contributed by atoms with Gasteiger partial charge in [0, 0.05) is 6.42 Å². The molecule has 0 atom stereocenters. The molecule has 0 aromatic carbocycles. The lowest BCUT2D eigenvalue weighted by Crippen LogP contribution is -1.66. The fourth-order valence-corrected chi connectivity index (χ4v) is 1.40. The molecule has 0 aliphatic rings. The highest BCUT2D eigenvalue weighted by molar-refractivity contribution is 5.51. The van der Waals surface area contributed by atoms with Crippen molar-refractivity contribution in [3.63, 3.8) is 0 Å². The SMILES string of the molecule is CCC=CCC=CCC=CCC=CCC=CCC=O. The van der Waals surface area contributed by atoms with Crippen molar-refractivity contribution in [3.8, 4) is 0 Å². The molecule has 0 amide bonds. The Morgan fingerprint density at radius 1 is 0.526 bits per heavy atom. The molecule has 0 saturated heterocycles. The Morgan fingerprint density at radius 3 is 1.16 bits per heavy atom. The quantitative estimate of drug-likeness (QED) is 0.362. The van der Waals surface area contributed by atoms with Gasteiger partial charge in [0.2, 0.25) is 0 Å². The van der Waals surface area contributed by atoms with Crippen molar-refractivity contribution in [3.05, 3.63) is 60.8 Å². The molecule has 1 nitrogen and oxygen atoms in total. The molecule has 0 radical (unpaired) electrons. The zero-order valence-electron chi connectivity index (χ0n) is 12.0. The fourth-order valence-electron chi connectivity index (χ4n) is 1.40. The molecule has 1 heteroatoms. The van der Waals surface area contributed by atoms with Crippen molar-refractivity contribution in [2.24, 2.45) is 0 Å². The summed E-state index contributed by atoms with van der Waals surface area (Å²) in [6.07, 6.45) is 27.8. The highest BCUT2D eigenvalue weighted by Crippen LogP contribution is 1.95. The maximum absolute atomic E-state index is 10.1. The number of aldehydes is 1. The molecule has 0 aromatic rings. The highest BCUT2D eigenvalue weighted by Gasteiger charge is 1.75. The molecule has 104 valence electrons. The Morgan fingerprint density at radius 2 is 0.842 bits per heavy atom. The minimum Gasteiger partial charge on any atom is -0.303 e. The molecule has 0 spiro atoms. The van der Waals surface area contributed by atoms with E-state index in [-0.39, 0.29) is 0 Å². The number of allylic oxidation sites excluding steroid dienone is 10. The van der Waals surface area contributed by atoms with Crippen LogP contribution in [0.25, 0.3) is 0 Å². The monoisotopic (exact) mass is 258 g/mol. The van der Waals surface area contributed by atoms with Gasteiger partial charge < -0.3 is 4.79 Å². The first-order chi connectivity index (χ1) is 9.41. The largest absolute Gasteiger partial charge is 0.303 e. The van der Waals surface area contributed by atoms with Crippen molar-refractivity contribution in [1.82, 2.24) is 0 Å². The summed E-state index contributed by atoms with van der Waals surface area (Å²) in [5.41, 5.74) is 0. The van der Waals surface area contributed by atoms with Gasteiger partial charge >= 0.3 is 0 Å². The van der Waals surface area contributed by atoms with Crippen molar-refractivity contribution in [1.29, 1.82) is 0 Å². The van der Waals surface area contributed by atoms with E-state index in [9.17, 15) is 4.79 Å². The van der Waals surface area contributed by atoms with Gasteiger partial charge in [-0.2, -0.15) is 0 Å². The minimum atomic E-state index is 0.521. The second-order valence-electron chi connectivity index (χ2n) is 4.11. The van der Waals surface area contributed by atoms with E-state index < -0.39 is 0 Å². The third-order valence-corrected chi connectivity index (χ3v) is 2.39. The third-order valence-electron chi connectivity index (χ3n) is 2.39. The Balaban J connectivity index is 3.45. The Hall–Kier alpha value is -1.63. The zero-order valence-corrected chi connectivity index (χ0v) is 12.0. The molecule has 0 unspecified atom stereocenters. The summed E-state index contributed by atoms with van der Waals surface area (Å²) in [5.74, 6) is 0. The van der Waals surface area contributed by atoms with Gasteiger partial charge in [-0.3, -0.25) is 0 Å². The van der Waals surface area contributed by atoms with Gasteiger partial charge in [-0.25, -0.2) is 0 Å². The van der Waals surface area contributed by atoms with Crippen LogP contribution in [0.5, 0.6) is 0 Å². The van der Waals surface area contributed by atoms with Crippen LogP contribution in [0.1, 0.15) is 45.4 Å². The second kappa shape index (κ2) is 16.4. The lowest BCUT2D eigenvalue weighted by atomic mass is 10.2. The van der Waals surface area contributed by atoms with Crippen LogP contribution in [-0.2, 0) is 4.79 Å². The topological polar surface area (TPSA) is 17.1 Å². The first-order valence-electron chi connectivity index (χ1n) is 7.10. The van der Waals surface area contributed by atoms with Gasteiger partial charge in [-0.1, -0.05) is 67.7 Å². The lowest BCUT2D eigenvalue weighted by Gasteiger charge is -1.85.